The quantitative estimate of drug-likeness (QED) is 0.264. The Morgan fingerprint density at radius 2 is 2.33 bits per heavy atom. The average Bonchev–Trinajstić information content (AvgIpc) is 2.20. The van der Waals surface area contributed by atoms with E-state index in [2.05, 4.69) is 16.8 Å². The number of nitro groups is 1. The third-order valence-corrected chi connectivity index (χ3v) is 1.97. The van der Waals surface area contributed by atoms with Crippen molar-refractivity contribution in [3.63, 3.8) is 0 Å². The molecule has 1 rings (SSSR count). The lowest BCUT2D eigenvalue weighted by atomic mass is 10.2. The molecule has 1 aromatic rings. The minimum Gasteiger partial charge on any atom is -0.258 e. The van der Waals surface area contributed by atoms with Gasteiger partial charge in [-0.3, -0.25) is 10.1 Å². The van der Waals surface area contributed by atoms with Crippen LogP contribution in [0.4, 0.5) is 5.69 Å². The molecule has 1 aromatic heterocycles. The Morgan fingerprint density at radius 3 is 2.93 bits per heavy atom. The van der Waals surface area contributed by atoms with Crippen molar-refractivity contribution in [1.82, 2.24) is 4.98 Å². The van der Waals surface area contributed by atoms with Crippen molar-refractivity contribution >= 4 is 28.9 Å². The predicted octanol–water partition coefficient (Wildman–Crippen LogP) is 2.62. The number of rotatable bonds is 2. The molecule has 0 fully saturated rings. The minimum atomic E-state index is -0.546. The molecule has 0 atom stereocenters. The molecule has 0 saturated heterocycles. The normalized spacial score (nSPS) is 9.20. The molecule has 6 heteroatoms. The van der Waals surface area contributed by atoms with Crippen molar-refractivity contribution < 1.29 is 4.92 Å². The molecule has 0 aromatic carbocycles. The second kappa shape index (κ2) is 5.54. The fourth-order valence-electron chi connectivity index (χ4n) is 0.830. The van der Waals surface area contributed by atoms with Gasteiger partial charge in [0.15, 0.2) is 0 Å². The Kier molecular flexibility index (Phi) is 4.35. The van der Waals surface area contributed by atoms with E-state index < -0.39 is 4.92 Å². The van der Waals surface area contributed by atoms with Gasteiger partial charge in [0.05, 0.1) is 10.5 Å². The maximum atomic E-state index is 10.4. The lowest BCUT2D eigenvalue weighted by molar-refractivity contribution is -0.385. The standard InChI is InChI=1S/C9H6Cl2N2O2/c10-4-2-1-3-7-5-8(13(14)15)6-12-9(7)11/h5-6H,2,4H2. The van der Waals surface area contributed by atoms with Crippen LogP contribution in [0.3, 0.4) is 0 Å². The van der Waals surface area contributed by atoms with Gasteiger partial charge < -0.3 is 0 Å². The van der Waals surface area contributed by atoms with E-state index in [9.17, 15) is 10.1 Å². The zero-order valence-corrected chi connectivity index (χ0v) is 9.05. The monoisotopic (exact) mass is 244 g/mol. The summed E-state index contributed by atoms with van der Waals surface area (Å²) in [4.78, 5) is 13.6. The second-order valence-corrected chi connectivity index (χ2v) is 3.27. The van der Waals surface area contributed by atoms with Crippen LogP contribution in [0, 0.1) is 22.0 Å². The highest BCUT2D eigenvalue weighted by Gasteiger charge is 2.09. The fourth-order valence-corrected chi connectivity index (χ4v) is 1.07. The summed E-state index contributed by atoms with van der Waals surface area (Å²) in [5.74, 6) is 5.81. The average molecular weight is 245 g/mol. The van der Waals surface area contributed by atoms with Crippen LogP contribution in [0.25, 0.3) is 0 Å². The first-order valence-corrected chi connectivity index (χ1v) is 4.91. The van der Waals surface area contributed by atoms with Crippen LogP contribution in [-0.2, 0) is 0 Å². The summed E-state index contributed by atoms with van der Waals surface area (Å²) in [6.45, 7) is 0. The summed E-state index contributed by atoms with van der Waals surface area (Å²) < 4.78 is 0. The van der Waals surface area contributed by atoms with Crippen LogP contribution >= 0.6 is 23.2 Å². The van der Waals surface area contributed by atoms with Gasteiger partial charge in [-0.05, 0) is 0 Å². The number of halogens is 2. The molecule has 0 bridgehead atoms. The summed E-state index contributed by atoms with van der Waals surface area (Å²) >= 11 is 11.1. The summed E-state index contributed by atoms with van der Waals surface area (Å²) in [7, 11) is 0. The zero-order chi connectivity index (χ0) is 11.3. The third-order valence-electron chi connectivity index (χ3n) is 1.48. The number of aromatic nitrogens is 1. The Morgan fingerprint density at radius 1 is 1.60 bits per heavy atom. The molecule has 0 saturated carbocycles. The molecule has 0 spiro atoms. The van der Waals surface area contributed by atoms with Crippen LogP contribution in [0.1, 0.15) is 12.0 Å². The Labute approximate surface area is 96.4 Å². The van der Waals surface area contributed by atoms with E-state index in [0.29, 0.717) is 17.9 Å². The second-order valence-electron chi connectivity index (χ2n) is 2.53. The van der Waals surface area contributed by atoms with Crippen LogP contribution in [-0.4, -0.2) is 15.8 Å². The van der Waals surface area contributed by atoms with E-state index in [1.54, 1.807) is 0 Å². The zero-order valence-electron chi connectivity index (χ0n) is 7.54. The highest BCUT2D eigenvalue weighted by atomic mass is 35.5. The van der Waals surface area contributed by atoms with E-state index in [-0.39, 0.29) is 10.8 Å². The Balaban J connectivity index is 3.02. The SMILES string of the molecule is O=[N+]([O-])c1cnc(Cl)c(C#CCCCl)c1. The maximum Gasteiger partial charge on any atom is 0.288 e. The molecule has 0 radical (unpaired) electrons. The Hall–Kier alpha value is -1.31. The van der Waals surface area contributed by atoms with E-state index in [4.69, 9.17) is 23.2 Å². The van der Waals surface area contributed by atoms with Gasteiger partial charge in [-0.2, -0.15) is 0 Å². The van der Waals surface area contributed by atoms with Crippen molar-refractivity contribution in [3.05, 3.63) is 33.1 Å². The molecule has 78 valence electrons. The molecule has 0 aliphatic rings. The highest BCUT2D eigenvalue weighted by Crippen LogP contribution is 2.17. The van der Waals surface area contributed by atoms with Gasteiger partial charge in [-0.1, -0.05) is 23.4 Å². The van der Waals surface area contributed by atoms with Crippen LogP contribution in [0.2, 0.25) is 5.15 Å². The van der Waals surface area contributed by atoms with Crippen molar-refractivity contribution in [3.8, 4) is 11.8 Å². The number of hydrogen-bond acceptors (Lipinski definition) is 3. The van der Waals surface area contributed by atoms with Gasteiger partial charge in [0, 0.05) is 18.4 Å². The smallest absolute Gasteiger partial charge is 0.258 e. The van der Waals surface area contributed by atoms with E-state index >= 15 is 0 Å². The fraction of sp³-hybridized carbons (Fsp3) is 0.222. The van der Waals surface area contributed by atoms with Gasteiger partial charge in [-0.25, -0.2) is 4.98 Å². The van der Waals surface area contributed by atoms with Crippen LogP contribution < -0.4 is 0 Å². The molecule has 15 heavy (non-hydrogen) atoms. The number of nitrogens with zero attached hydrogens (tertiary/aromatic N) is 2. The number of alkyl halides is 1. The van der Waals surface area contributed by atoms with Crippen molar-refractivity contribution in [2.45, 2.75) is 6.42 Å². The highest BCUT2D eigenvalue weighted by molar-refractivity contribution is 6.30. The molecule has 0 amide bonds. The molecule has 0 aliphatic carbocycles. The van der Waals surface area contributed by atoms with Gasteiger partial charge in [0.2, 0.25) is 0 Å². The van der Waals surface area contributed by atoms with Crippen molar-refractivity contribution in [2.75, 3.05) is 5.88 Å². The van der Waals surface area contributed by atoms with Gasteiger partial charge >= 0.3 is 0 Å². The lowest BCUT2D eigenvalue weighted by Crippen LogP contribution is -1.91. The van der Waals surface area contributed by atoms with E-state index in [0.717, 1.165) is 6.20 Å². The molecule has 1 heterocycles. The molecule has 0 unspecified atom stereocenters. The largest absolute Gasteiger partial charge is 0.288 e. The van der Waals surface area contributed by atoms with Crippen molar-refractivity contribution in [2.24, 2.45) is 0 Å². The first-order chi connectivity index (χ1) is 7.15. The van der Waals surface area contributed by atoms with Gasteiger partial charge in [0.1, 0.15) is 11.3 Å². The molecule has 0 aliphatic heterocycles. The maximum absolute atomic E-state index is 10.4. The Bertz CT molecular complexity index is 437. The van der Waals surface area contributed by atoms with Gasteiger partial charge in [0.25, 0.3) is 5.69 Å². The third kappa shape index (κ3) is 3.39. The first-order valence-electron chi connectivity index (χ1n) is 4.00. The first kappa shape index (κ1) is 11.8. The van der Waals surface area contributed by atoms with E-state index in [1.165, 1.54) is 6.07 Å². The minimum absolute atomic E-state index is 0.130. The topological polar surface area (TPSA) is 56.0 Å². The number of hydrogen-bond donors (Lipinski definition) is 0. The summed E-state index contributed by atoms with van der Waals surface area (Å²) in [5, 5.41) is 10.6. The molecular weight excluding hydrogens is 239 g/mol. The lowest BCUT2D eigenvalue weighted by Gasteiger charge is -1.94. The predicted molar refractivity (Wildman–Crippen MR) is 58.1 cm³/mol. The molecule has 0 N–H and O–H groups in total. The summed E-state index contributed by atoms with van der Waals surface area (Å²) in [6.07, 6.45) is 1.59. The van der Waals surface area contributed by atoms with Gasteiger partial charge in [-0.15, -0.1) is 11.6 Å². The van der Waals surface area contributed by atoms with Crippen LogP contribution in [0.15, 0.2) is 12.3 Å². The van der Waals surface area contributed by atoms with Crippen molar-refractivity contribution in [1.29, 1.82) is 0 Å². The van der Waals surface area contributed by atoms with Crippen LogP contribution in [0.5, 0.6) is 0 Å². The molecular formula is C9H6Cl2N2O2. The summed E-state index contributed by atoms with van der Waals surface area (Å²) in [5.41, 5.74) is 0.213. The van der Waals surface area contributed by atoms with E-state index in [1.807, 2.05) is 0 Å². The number of pyridine rings is 1. The summed E-state index contributed by atoms with van der Waals surface area (Å²) in [6, 6.07) is 1.29. The molecule has 4 nitrogen and oxygen atoms in total.